The Bertz CT molecular complexity index is 870. The van der Waals surface area contributed by atoms with Crippen LogP contribution in [-0.4, -0.2) is 20.4 Å². The van der Waals surface area contributed by atoms with E-state index in [-0.39, 0.29) is 16.8 Å². The highest BCUT2D eigenvalue weighted by molar-refractivity contribution is 7.92. The van der Waals surface area contributed by atoms with Gasteiger partial charge in [0.15, 0.2) is 0 Å². The van der Waals surface area contributed by atoms with Crippen LogP contribution >= 0.6 is 0 Å². The zero-order valence-electron chi connectivity index (χ0n) is 15.7. The Kier molecular flexibility index (Phi) is 6.42. The van der Waals surface area contributed by atoms with Crippen molar-refractivity contribution in [1.29, 1.82) is 0 Å². The minimum Gasteiger partial charge on any atom is -0.349 e. The molecule has 0 saturated heterocycles. The summed E-state index contributed by atoms with van der Waals surface area (Å²) in [6, 6.07) is 11.5. The fourth-order valence-corrected chi connectivity index (χ4v) is 3.62. The van der Waals surface area contributed by atoms with E-state index < -0.39 is 10.0 Å². The average molecular weight is 375 g/mol. The summed E-state index contributed by atoms with van der Waals surface area (Å²) in [7, 11) is -3.70. The van der Waals surface area contributed by atoms with Crippen LogP contribution in [0.2, 0.25) is 0 Å². The van der Waals surface area contributed by atoms with Crippen LogP contribution in [0.1, 0.15) is 48.2 Å². The molecule has 2 aromatic carbocycles. The number of sulfonamides is 1. The molecule has 0 aromatic heterocycles. The summed E-state index contributed by atoms with van der Waals surface area (Å²) in [5.74, 6) is -0.190. The van der Waals surface area contributed by atoms with Gasteiger partial charge in [-0.25, -0.2) is 8.42 Å². The zero-order chi connectivity index (χ0) is 19.3. The normalized spacial score (nSPS) is 11.4. The number of aryl methyl sites for hydroxylation is 2. The van der Waals surface area contributed by atoms with Crippen molar-refractivity contribution < 1.29 is 13.2 Å². The predicted molar refractivity (Wildman–Crippen MR) is 105 cm³/mol. The van der Waals surface area contributed by atoms with Crippen molar-refractivity contribution in [2.24, 2.45) is 0 Å². The maximum absolute atomic E-state index is 12.5. The second-order valence-electron chi connectivity index (χ2n) is 6.42. The van der Waals surface area contributed by atoms with Gasteiger partial charge < -0.3 is 5.32 Å². The number of rotatable bonds is 7. The van der Waals surface area contributed by atoms with E-state index in [9.17, 15) is 13.2 Å². The van der Waals surface area contributed by atoms with Crippen molar-refractivity contribution in [3.63, 3.8) is 0 Å². The lowest BCUT2D eigenvalue weighted by Gasteiger charge is -2.15. The molecule has 0 radical (unpaired) electrons. The van der Waals surface area contributed by atoms with E-state index in [1.54, 1.807) is 12.1 Å². The summed E-state index contributed by atoms with van der Waals surface area (Å²) >= 11 is 0. The maximum Gasteiger partial charge on any atom is 0.261 e. The van der Waals surface area contributed by atoms with Crippen molar-refractivity contribution in [2.45, 2.75) is 51.5 Å². The summed E-state index contributed by atoms with van der Waals surface area (Å²) in [6.45, 7) is 7.94. The molecule has 6 heteroatoms. The lowest BCUT2D eigenvalue weighted by molar-refractivity contribution is 0.0934. The summed E-state index contributed by atoms with van der Waals surface area (Å²) in [5, 5.41) is 2.94. The molecule has 0 aliphatic rings. The van der Waals surface area contributed by atoms with E-state index in [1.165, 1.54) is 24.3 Å². The number of carbonyl (C=O) groups excluding carboxylic acids is 1. The molecule has 0 atom stereocenters. The molecule has 0 aliphatic carbocycles. The first kappa shape index (κ1) is 20.0. The first-order valence-corrected chi connectivity index (χ1v) is 10.3. The molecular weight excluding hydrogens is 348 g/mol. The Balaban J connectivity index is 2.15. The van der Waals surface area contributed by atoms with E-state index in [2.05, 4.69) is 10.0 Å². The highest BCUT2D eigenvalue weighted by atomic mass is 32.2. The third kappa shape index (κ3) is 4.85. The van der Waals surface area contributed by atoms with Gasteiger partial charge in [0.25, 0.3) is 15.9 Å². The minimum absolute atomic E-state index is 0.120. The third-order valence-corrected chi connectivity index (χ3v) is 5.90. The van der Waals surface area contributed by atoms with Crippen LogP contribution in [0.3, 0.4) is 0 Å². The molecule has 2 aromatic rings. The molecule has 1 amide bonds. The van der Waals surface area contributed by atoms with Gasteiger partial charge in [-0.05, 0) is 74.2 Å². The number of hydrogen-bond donors (Lipinski definition) is 2. The Labute approximate surface area is 155 Å². The molecule has 0 unspecified atom stereocenters. The van der Waals surface area contributed by atoms with E-state index in [0.29, 0.717) is 11.3 Å². The number of carbonyl (C=O) groups is 1. The molecule has 0 heterocycles. The van der Waals surface area contributed by atoms with Crippen LogP contribution in [0, 0.1) is 13.8 Å². The van der Waals surface area contributed by atoms with E-state index in [0.717, 1.165) is 24.0 Å². The zero-order valence-corrected chi connectivity index (χ0v) is 16.5. The van der Waals surface area contributed by atoms with Crippen LogP contribution < -0.4 is 10.0 Å². The van der Waals surface area contributed by atoms with Crippen LogP contribution in [0.25, 0.3) is 0 Å². The second-order valence-corrected chi connectivity index (χ2v) is 8.10. The fraction of sp³-hybridized carbons (Fsp3) is 0.350. The highest BCUT2D eigenvalue weighted by Crippen LogP contribution is 2.19. The molecule has 26 heavy (non-hydrogen) atoms. The lowest BCUT2D eigenvalue weighted by Crippen LogP contribution is -2.33. The first-order chi connectivity index (χ1) is 12.3. The number of anilines is 1. The maximum atomic E-state index is 12.5. The van der Waals surface area contributed by atoms with Crippen molar-refractivity contribution in [1.82, 2.24) is 5.32 Å². The fourth-order valence-electron chi connectivity index (χ4n) is 2.57. The Hall–Kier alpha value is -2.34. The molecule has 2 N–H and O–H groups in total. The van der Waals surface area contributed by atoms with Gasteiger partial charge in [0.1, 0.15) is 0 Å². The Morgan fingerprint density at radius 3 is 2.12 bits per heavy atom. The van der Waals surface area contributed by atoms with Crippen molar-refractivity contribution >= 4 is 21.6 Å². The van der Waals surface area contributed by atoms with Gasteiger partial charge in [-0.3, -0.25) is 9.52 Å². The molecule has 5 nitrogen and oxygen atoms in total. The standard InChI is InChI=1S/C20H26N2O3S/c1-5-17(6-2)21-20(23)16-8-11-19(12-9-16)26(24,25)22-18-10-7-14(3)15(4)13-18/h7-13,17,22H,5-6H2,1-4H3,(H,21,23). The van der Waals surface area contributed by atoms with Gasteiger partial charge in [-0.2, -0.15) is 0 Å². The smallest absolute Gasteiger partial charge is 0.261 e. The van der Waals surface area contributed by atoms with E-state index in [1.807, 2.05) is 33.8 Å². The Morgan fingerprint density at radius 1 is 0.962 bits per heavy atom. The molecule has 0 spiro atoms. The molecule has 0 aliphatic heterocycles. The predicted octanol–water partition coefficient (Wildman–Crippen LogP) is 4.02. The molecule has 0 saturated carbocycles. The van der Waals surface area contributed by atoms with Crippen LogP contribution in [-0.2, 0) is 10.0 Å². The Morgan fingerprint density at radius 2 is 1.58 bits per heavy atom. The van der Waals surface area contributed by atoms with Gasteiger partial charge in [-0.1, -0.05) is 19.9 Å². The SMILES string of the molecule is CCC(CC)NC(=O)c1ccc(S(=O)(=O)Nc2ccc(C)c(C)c2)cc1. The molecule has 2 rings (SSSR count). The largest absolute Gasteiger partial charge is 0.349 e. The average Bonchev–Trinajstić information content (AvgIpc) is 2.62. The summed E-state index contributed by atoms with van der Waals surface area (Å²) in [6.07, 6.45) is 1.71. The number of nitrogens with one attached hydrogen (secondary N) is 2. The number of hydrogen-bond acceptors (Lipinski definition) is 3. The summed E-state index contributed by atoms with van der Waals surface area (Å²) in [4.78, 5) is 12.3. The van der Waals surface area contributed by atoms with Gasteiger partial charge >= 0.3 is 0 Å². The summed E-state index contributed by atoms with van der Waals surface area (Å²) in [5.41, 5.74) is 3.07. The van der Waals surface area contributed by atoms with Gasteiger partial charge in [0, 0.05) is 17.3 Å². The quantitative estimate of drug-likeness (QED) is 0.768. The lowest BCUT2D eigenvalue weighted by atomic mass is 10.1. The first-order valence-electron chi connectivity index (χ1n) is 8.77. The molecule has 140 valence electrons. The molecule has 0 fully saturated rings. The monoisotopic (exact) mass is 374 g/mol. The molecular formula is C20H26N2O3S. The van der Waals surface area contributed by atoms with Gasteiger partial charge in [0.2, 0.25) is 0 Å². The second kappa shape index (κ2) is 8.36. The minimum atomic E-state index is -3.70. The van der Waals surface area contributed by atoms with Crippen molar-refractivity contribution in [3.8, 4) is 0 Å². The number of benzene rings is 2. The topological polar surface area (TPSA) is 75.3 Å². The number of amides is 1. The summed E-state index contributed by atoms with van der Waals surface area (Å²) < 4.78 is 27.6. The van der Waals surface area contributed by atoms with Gasteiger partial charge in [0.05, 0.1) is 4.90 Å². The van der Waals surface area contributed by atoms with Crippen molar-refractivity contribution in [3.05, 3.63) is 59.2 Å². The van der Waals surface area contributed by atoms with Crippen LogP contribution in [0.5, 0.6) is 0 Å². The van der Waals surface area contributed by atoms with Crippen LogP contribution in [0.4, 0.5) is 5.69 Å². The van der Waals surface area contributed by atoms with Crippen molar-refractivity contribution in [2.75, 3.05) is 4.72 Å². The van der Waals surface area contributed by atoms with E-state index in [4.69, 9.17) is 0 Å². The highest BCUT2D eigenvalue weighted by Gasteiger charge is 2.16. The van der Waals surface area contributed by atoms with Crippen LogP contribution in [0.15, 0.2) is 47.4 Å². The molecule has 0 bridgehead atoms. The third-order valence-electron chi connectivity index (χ3n) is 4.51. The van der Waals surface area contributed by atoms with Gasteiger partial charge in [-0.15, -0.1) is 0 Å². The van der Waals surface area contributed by atoms with E-state index >= 15 is 0 Å².